The molecule has 0 fully saturated rings. The minimum atomic E-state index is 0. The van der Waals surface area contributed by atoms with E-state index in [4.69, 9.17) is 10.5 Å². The highest BCUT2D eigenvalue weighted by Gasteiger charge is 2.11. The normalized spacial score (nSPS) is 13.0. The highest BCUT2D eigenvalue weighted by molar-refractivity contribution is 14.0. The predicted octanol–water partition coefficient (Wildman–Crippen LogP) is 3.91. The van der Waals surface area contributed by atoms with Gasteiger partial charge in [0.15, 0.2) is 5.96 Å². The van der Waals surface area contributed by atoms with Crippen LogP contribution in [0.5, 0.6) is 5.75 Å². The molecule has 3 N–H and O–H groups in total. The summed E-state index contributed by atoms with van der Waals surface area (Å²) < 4.78 is 6.99. The van der Waals surface area contributed by atoms with Crippen LogP contribution in [0.15, 0.2) is 59.7 Å². The van der Waals surface area contributed by atoms with Crippen molar-refractivity contribution in [2.45, 2.75) is 25.8 Å². The zero-order valence-electron chi connectivity index (χ0n) is 15.8. The number of ether oxygens (including phenoxy) is 1. The van der Waals surface area contributed by atoms with Crippen molar-refractivity contribution in [3.05, 3.63) is 71.5 Å². The Balaban J connectivity index is 0.00000225. The first-order chi connectivity index (χ1) is 13.2. The Morgan fingerprint density at radius 1 is 1.14 bits per heavy atom. The van der Waals surface area contributed by atoms with Crippen LogP contribution < -0.4 is 15.8 Å². The summed E-state index contributed by atoms with van der Waals surface area (Å²) in [6.07, 6.45) is 5.47. The van der Waals surface area contributed by atoms with Gasteiger partial charge >= 0.3 is 0 Å². The third-order valence-corrected chi connectivity index (χ3v) is 4.76. The number of aryl methyl sites for hydroxylation is 2. The second-order valence-electron chi connectivity index (χ2n) is 6.61. The molecule has 1 aliphatic carbocycles. The molecule has 1 aliphatic rings. The molecular formula is C21H24IN5O. The van der Waals surface area contributed by atoms with Crippen molar-refractivity contribution >= 4 is 35.6 Å². The summed E-state index contributed by atoms with van der Waals surface area (Å²) in [7, 11) is 1.65. The summed E-state index contributed by atoms with van der Waals surface area (Å²) in [5.74, 6) is 1.22. The van der Waals surface area contributed by atoms with E-state index >= 15 is 0 Å². The molecule has 0 saturated heterocycles. The SMILES string of the molecule is COc1ccc(-n2ccc(CN=C(N)Nc3ccc4c(c3)CCC4)n2)cc1.I. The Morgan fingerprint density at radius 3 is 2.71 bits per heavy atom. The number of halogens is 1. The van der Waals surface area contributed by atoms with Crippen LogP contribution in [0.25, 0.3) is 5.69 Å². The fourth-order valence-electron chi connectivity index (χ4n) is 3.33. The molecule has 0 radical (unpaired) electrons. The molecule has 4 rings (SSSR count). The number of fused-ring (bicyclic) bond motifs is 1. The maximum absolute atomic E-state index is 6.04. The van der Waals surface area contributed by atoms with Gasteiger partial charge in [-0.15, -0.1) is 24.0 Å². The van der Waals surface area contributed by atoms with Crippen LogP contribution in [0.2, 0.25) is 0 Å². The van der Waals surface area contributed by atoms with E-state index in [0.29, 0.717) is 12.5 Å². The van der Waals surface area contributed by atoms with Gasteiger partial charge in [0.25, 0.3) is 0 Å². The van der Waals surface area contributed by atoms with Gasteiger partial charge < -0.3 is 15.8 Å². The molecule has 0 aliphatic heterocycles. The van der Waals surface area contributed by atoms with Gasteiger partial charge in [0.2, 0.25) is 0 Å². The number of nitrogens with zero attached hydrogens (tertiary/aromatic N) is 3. The molecule has 7 heteroatoms. The van der Waals surface area contributed by atoms with E-state index in [1.54, 1.807) is 7.11 Å². The van der Waals surface area contributed by atoms with E-state index in [-0.39, 0.29) is 24.0 Å². The maximum atomic E-state index is 6.04. The van der Waals surface area contributed by atoms with Crippen LogP contribution >= 0.6 is 24.0 Å². The number of hydrogen-bond acceptors (Lipinski definition) is 3. The standard InChI is InChI=1S/C21H23N5O.HI/c1-27-20-9-7-19(8-10-20)26-12-11-18(25-26)14-23-21(22)24-17-6-5-15-3-2-4-16(15)13-17;/h5-13H,2-4,14H2,1H3,(H3,22,23,24);1H. The van der Waals surface area contributed by atoms with Crippen LogP contribution in [0.3, 0.4) is 0 Å². The van der Waals surface area contributed by atoms with Crippen molar-refractivity contribution in [3.8, 4) is 11.4 Å². The van der Waals surface area contributed by atoms with Crippen molar-refractivity contribution < 1.29 is 4.74 Å². The van der Waals surface area contributed by atoms with Crippen LogP contribution in [-0.4, -0.2) is 22.8 Å². The summed E-state index contributed by atoms with van der Waals surface area (Å²) in [6.45, 7) is 0.424. The Bertz CT molecular complexity index is 965. The summed E-state index contributed by atoms with van der Waals surface area (Å²) in [5, 5.41) is 7.72. The zero-order valence-corrected chi connectivity index (χ0v) is 18.1. The van der Waals surface area contributed by atoms with Crippen molar-refractivity contribution in [2.24, 2.45) is 10.7 Å². The monoisotopic (exact) mass is 489 g/mol. The van der Waals surface area contributed by atoms with Crippen molar-refractivity contribution in [1.29, 1.82) is 0 Å². The molecule has 146 valence electrons. The number of methoxy groups -OCH3 is 1. The highest BCUT2D eigenvalue weighted by atomic mass is 127. The van der Waals surface area contributed by atoms with Crippen molar-refractivity contribution in [1.82, 2.24) is 9.78 Å². The van der Waals surface area contributed by atoms with Crippen molar-refractivity contribution in [3.63, 3.8) is 0 Å². The molecule has 2 aromatic carbocycles. The Kier molecular flexibility index (Phi) is 6.56. The quantitative estimate of drug-likeness (QED) is 0.324. The average Bonchev–Trinajstić information content (AvgIpc) is 3.35. The van der Waals surface area contributed by atoms with Crippen LogP contribution in [0.1, 0.15) is 23.2 Å². The fourth-order valence-corrected chi connectivity index (χ4v) is 3.33. The van der Waals surface area contributed by atoms with Gasteiger partial charge in [-0.1, -0.05) is 6.07 Å². The van der Waals surface area contributed by atoms with Gasteiger partial charge in [-0.3, -0.25) is 0 Å². The molecule has 1 heterocycles. The molecule has 0 bridgehead atoms. The maximum Gasteiger partial charge on any atom is 0.193 e. The third kappa shape index (κ3) is 4.64. The lowest BCUT2D eigenvalue weighted by Gasteiger charge is -2.07. The number of guanidine groups is 1. The summed E-state index contributed by atoms with van der Waals surface area (Å²) in [4.78, 5) is 4.41. The summed E-state index contributed by atoms with van der Waals surface area (Å²) in [6, 6.07) is 16.1. The smallest absolute Gasteiger partial charge is 0.193 e. The molecular weight excluding hydrogens is 465 g/mol. The van der Waals surface area contributed by atoms with E-state index in [1.165, 1.54) is 24.0 Å². The number of anilines is 1. The summed E-state index contributed by atoms with van der Waals surface area (Å²) in [5.41, 5.74) is 11.7. The second-order valence-corrected chi connectivity index (χ2v) is 6.61. The predicted molar refractivity (Wildman–Crippen MR) is 123 cm³/mol. The lowest BCUT2D eigenvalue weighted by molar-refractivity contribution is 0.414. The van der Waals surface area contributed by atoms with Crippen LogP contribution in [0, 0.1) is 0 Å². The Morgan fingerprint density at radius 2 is 1.93 bits per heavy atom. The van der Waals surface area contributed by atoms with Gasteiger partial charge in [0.05, 0.1) is 25.0 Å². The molecule has 6 nitrogen and oxygen atoms in total. The highest BCUT2D eigenvalue weighted by Crippen LogP contribution is 2.24. The molecule has 3 aromatic rings. The van der Waals surface area contributed by atoms with Gasteiger partial charge in [0, 0.05) is 11.9 Å². The fraction of sp³-hybridized carbons (Fsp3) is 0.238. The minimum absolute atomic E-state index is 0. The number of hydrogen-bond donors (Lipinski definition) is 2. The molecule has 0 unspecified atom stereocenters. The van der Waals surface area contributed by atoms with E-state index in [0.717, 1.165) is 29.2 Å². The Hall–Kier alpha value is -2.55. The minimum Gasteiger partial charge on any atom is -0.497 e. The molecule has 0 amide bonds. The number of aromatic nitrogens is 2. The number of aliphatic imine (C=N–C) groups is 1. The lowest BCUT2D eigenvalue weighted by atomic mass is 10.1. The molecule has 0 saturated carbocycles. The van der Waals surface area contributed by atoms with E-state index < -0.39 is 0 Å². The van der Waals surface area contributed by atoms with Gasteiger partial charge in [0.1, 0.15) is 5.75 Å². The number of nitrogens with one attached hydrogen (secondary N) is 1. The molecule has 0 spiro atoms. The van der Waals surface area contributed by atoms with E-state index in [1.807, 2.05) is 41.2 Å². The first-order valence-corrected chi connectivity index (χ1v) is 9.09. The number of nitrogens with two attached hydrogens (primary N) is 1. The molecule has 28 heavy (non-hydrogen) atoms. The molecule has 1 aromatic heterocycles. The first kappa shape index (κ1) is 20.2. The van der Waals surface area contributed by atoms with Crippen LogP contribution in [0.4, 0.5) is 5.69 Å². The molecule has 0 atom stereocenters. The topological polar surface area (TPSA) is 77.5 Å². The van der Waals surface area contributed by atoms with Crippen molar-refractivity contribution in [2.75, 3.05) is 12.4 Å². The Labute approximate surface area is 181 Å². The van der Waals surface area contributed by atoms with E-state index in [9.17, 15) is 0 Å². The number of rotatable bonds is 5. The number of benzene rings is 2. The van der Waals surface area contributed by atoms with Gasteiger partial charge in [-0.05, 0) is 72.9 Å². The first-order valence-electron chi connectivity index (χ1n) is 9.09. The largest absolute Gasteiger partial charge is 0.497 e. The van der Waals surface area contributed by atoms with Gasteiger partial charge in [-0.25, -0.2) is 9.67 Å². The average molecular weight is 489 g/mol. The third-order valence-electron chi connectivity index (χ3n) is 4.76. The van der Waals surface area contributed by atoms with Gasteiger partial charge in [-0.2, -0.15) is 5.10 Å². The zero-order chi connectivity index (χ0) is 18.6. The lowest BCUT2D eigenvalue weighted by Crippen LogP contribution is -2.22. The summed E-state index contributed by atoms with van der Waals surface area (Å²) >= 11 is 0. The van der Waals surface area contributed by atoms with E-state index in [2.05, 4.69) is 33.6 Å². The second kappa shape index (κ2) is 9.09. The van der Waals surface area contributed by atoms with Crippen LogP contribution in [-0.2, 0) is 19.4 Å².